The zero-order valence-corrected chi connectivity index (χ0v) is 19.2. The van der Waals surface area contributed by atoms with Crippen LogP contribution in [0.2, 0.25) is 0 Å². The van der Waals surface area contributed by atoms with Crippen molar-refractivity contribution in [2.75, 3.05) is 7.05 Å². The number of ketones is 3. The summed E-state index contributed by atoms with van der Waals surface area (Å²) in [5, 5.41) is 5.27. The van der Waals surface area contributed by atoms with E-state index < -0.39 is 0 Å². The second kappa shape index (κ2) is 28.3. The average molecular weight is 377 g/mol. The van der Waals surface area contributed by atoms with Gasteiger partial charge in [0, 0.05) is 6.92 Å². The molecule has 0 spiro atoms. The van der Waals surface area contributed by atoms with E-state index in [2.05, 4.69) is 38.3 Å². The van der Waals surface area contributed by atoms with Crippen LogP contribution in [0.5, 0.6) is 0 Å². The zero-order valence-electron chi connectivity index (χ0n) is 19.2. The fourth-order valence-electron chi connectivity index (χ4n) is 0.610. The molecule has 0 aliphatic rings. The summed E-state index contributed by atoms with van der Waals surface area (Å²) in [5.74, 6) is 0.158. The average Bonchev–Trinajstić information content (AvgIpc) is 2.47. The van der Waals surface area contributed by atoms with Gasteiger partial charge in [-0.25, -0.2) is 0 Å². The van der Waals surface area contributed by atoms with E-state index in [-0.39, 0.29) is 35.3 Å². The number of carbonyl (C=O) groups excluding carboxylic acids is 4. The minimum atomic E-state index is -0.345. The Bertz CT molecular complexity index is 350. The maximum Gasteiger partial charge on any atom is 0.217 e. The van der Waals surface area contributed by atoms with Gasteiger partial charge in [0.25, 0.3) is 0 Å². The molecule has 6 heteroatoms. The molecule has 0 bridgehead atoms. The highest BCUT2D eigenvalue weighted by atomic mass is 16.2. The number of Topliss-reactive ketones (excluding diaryl/α,β-unsaturated/α-hetero) is 3. The highest BCUT2D eigenvalue weighted by molar-refractivity contribution is 5.86. The molecule has 0 heterocycles. The van der Waals surface area contributed by atoms with E-state index in [0.717, 1.165) is 0 Å². The van der Waals surface area contributed by atoms with Crippen LogP contribution in [-0.2, 0) is 19.2 Å². The van der Waals surface area contributed by atoms with Crippen molar-refractivity contribution in [3.8, 4) is 0 Å². The van der Waals surface area contributed by atoms with Gasteiger partial charge in [-0.15, -0.1) is 0 Å². The third-order valence-corrected chi connectivity index (χ3v) is 2.07. The van der Waals surface area contributed by atoms with Crippen molar-refractivity contribution < 1.29 is 19.2 Å². The molecular formula is C20H44N2O4. The maximum absolute atomic E-state index is 10.5. The van der Waals surface area contributed by atoms with E-state index in [0.29, 0.717) is 0 Å². The Morgan fingerprint density at radius 2 is 0.923 bits per heavy atom. The smallest absolute Gasteiger partial charge is 0.217 e. The minimum Gasteiger partial charge on any atom is -0.347 e. The normalized spacial score (nSPS) is 10.3. The molecular weight excluding hydrogens is 332 g/mol. The van der Waals surface area contributed by atoms with E-state index in [9.17, 15) is 19.2 Å². The van der Waals surface area contributed by atoms with Crippen LogP contribution in [0, 0.1) is 0 Å². The van der Waals surface area contributed by atoms with Crippen LogP contribution >= 0.6 is 0 Å². The molecule has 158 valence electrons. The van der Waals surface area contributed by atoms with Gasteiger partial charge in [-0.3, -0.25) is 14.4 Å². The van der Waals surface area contributed by atoms with Crippen LogP contribution in [0.15, 0.2) is 0 Å². The third-order valence-electron chi connectivity index (χ3n) is 2.07. The molecule has 0 rings (SSSR count). The van der Waals surface area contributed by atoms with Crippen LogP contribution in [0.3, 0.4) is 0 Å². The molecule has 2 atom stereocenters. The summed E-state index contributed by atoms with van der Waals surface area (Å²) in [6.07, 6.45) is 2.50. The second-order valence-electron chi connectivity index (χ2n) is 5.98. The molecule has 1 amide bonds. The fraction of sp³-hybridized carbons (Fsp3) is 0.800. The quantitative estimate of drug-likeness (QED) is 0.780. The number of carbonyl (C=O) groups is 4. The Labute approximate surface area is 161 Å². The van der Waals surface area contributed by atoms with Gasteiger partial charge in [-0.1, -0.05) is 40.5 Å². The van der Waals surface area contributed by atoms with Crippen LogP contribution in [0.4, 0.5) is 0 Å². The van der Waals surface area contributed by atoms with Gasteiger partial charge in [-0.05, 0) is 48.6 Å². The maximum atomic E-state index is 10.5. The van der Waals surface area contributed by atoms with Crippen molar-refractivity contribution in [3.63, 3.8) is 0 Å². The van der Waals surface area contributed by atoms with E-state index in [1.807, 2.05) is 6.92 Å². The first-order valence-electron chi connectivity index (χ1n) is 9.20. The lowest BCUT2D eigenvalue weighted by molar-refractivity contribution is -0.125. The van der Waals surface area contributed by atoms with E-state index >= 15 is 0 Å². The largest absolute Gasteiger partial charge is 0.347 e. The second-order valence-corrected chi connectivity index (χ2v) is 5.98. The number of hydrogen-bond donors (Lipinski definition) is 2. The van der Waals surface area contributed by atoms with Crippen LogP contribution in [0.1, 0.15) is 89.0 Å². The lowest BCUT2D eigenvalue weighted by Crippen LogP contribution is -2.35. The first-order chi connectivity index (χ1) is 11.8. The summed E-state index contributed by atoms with van der Waals surface area (Å²) in [6, 6.07) is -0.331. The highest BCUT2D eigenvalue weighted by Gasteiger charge is 2.06. The Morgan fingerprint density at radius 3 is 0.962 bits per heavy atom. The number of nitrogens with one attached hydrogen (secondary N) is 2. The minimum absolute atomic E-state index is 0.0139. The standard InChI is InChI=1S/C6H11NO2.C5H11NO.C3H6O.2C3H8/c1-4(5(2)8)7-6(3)9;1-4(6-3)5(2)7;1-3(2)4;2*1-3-2/h4H,1-3H3,(H,7,9);4,6H,1-3H3;1-2H3;2*3H2,1-2H3. The molecule has 0 fully saturated rings. The molecule has 0 radical (unpaired) electrons. The fourth-order valence-corrected chi connectivity index (χ4v) is 0.610. The summed E-state index contributed by atoms with van der Waals surface area (Å²) in [4.78, 5) is 40.5. The molecule has 0 aromatic heterocycles. The Balaban J connectivity index is -0.0000000768. The molecule has 0 aromatic rings. The Hall–Kier alpha value is -1.56. The number of hydrogen-bond acceptors (Lipinski definition) is 5. The highest BCUT2D eigenvalue weighted by Crippen LogP contribution is 1.81. The molecule has 0 aliphatic carbocycles. The molecule has 2 unspecified atom stereocenters. The molecule has 2 N–H and O–H groups in total. The first kappa shape index (κ1) is 35.5. The number of amides is 1. The molecule has 0 aromatic carbocycles. The lowest BCUT2D eigenvalue weighted by atomic mass is 10.2. The van der Waals surface area contributed by atoms with Crippen LogP contribution in [0.25, 0.3) is 0 Å². The van der Waals surface area contributed by atoms with Crippen LogP contribution < -0.4 is 10.6 Å². The third kappa shape index (κ3) is 66.7. The Kier molecular flexibility index (Phi) is 38.6. The predicted octanol–water partition coefficient (Wildman–Crippen LogP) is 3.71. The summed E-state index contributed by atoms with van der Waals surface area (Å²) in [5.41, 5.74) is 0. The molecule has 0 aliphatic heterocycles. The number of rotatable bonds is 4. The van der Waals surface area contributed by atoms with Crippen molar-refractivity contribution in [3.05, 3.63) is 0 Å². The summed E-state index contributed by atoms with van der Waals surface area (Å²) >= 11 is 0. The van der Waals surface area contributed by atoms with Crippen molar-refractivity contribution in [2.24, 2.45) is 0 Å². The lowest BCUT2D eigenvalue weighted by Gasteiger charge is -2.06. The van der Waals surface area contributed by atoms with Gasteiger partial charge < -0.3 is 15.4 Å². The van der Waals surface area contributed by atoms with Gasteiger partial charge in [0.2, 0.25) is 5.91 Å². The predicted molar refractivity (Wildman–Crippen MR) is 111 cm³/mol. The van der Waals surface area contributed by atoms with Crippen molar-refractivity contribution in [1.82, 2.24) is 10.6 Å². The van der Waals surface area contributed by atoms with Crippen molar-refractivity contribution in [1.29, 1.82) is 0 Å². The number of likely N-dealkylation sites (N-methyl/N-ethyl adjacent to an activating group) is 1. The molecule has 0 saturated heterocycles. The van der Waals surface area contributed by atoms with Gasteiger partial charge in [-0.2, -0.15) is 0 Å². The molecule has 26 heavy (non-hydrogen) atoms. The summed E-state index contributed by atoms with van der Waals surface area (Å²) in [7, 11) is 1.77. The zero-order chi connectivity index (χ0) is 22.3. The van der Waals surface area contributed by atoms with Gasteiger partial charge in [0.05, 0.1) is 12.1 Å². The summed E-state index contributed by atoms with van der Waals surface area (Å²) < 4.78 is 0. The molecule has 6 nitrogen and oxygen atoms in total. The van der Waals surface area contributed by atoms with Crippen LogP contribution in [-0.4, -0.2) is 42.4 Å². The van der Waals surface area contributed by atoms with E-state index in [4.69, 9.17) is 0 Å². The van der Waals surface area contributed by atoms with Gasteiger partial charge >= 0.3 is 0 Å². The van der Waals surface area contributed by atoms with E-state index in [1.165, 1.54) is 40.5 Å². The van der Waals surface area contributed by atoms with Crippen molar-refractivity contribution >= 4 is 23.3 Å². The van der Waals surface area contributed by atoms with E-state index in [1.54, 1.807) is 20.9 Å². The van der Waals surface area contributed by atoms with Crippen molar-refractivity contribution in [2.45, 2.75) is 101 Å². The topological polar surface area (TPSA) is 92.3 Å². The summed E-state index contributed by atoms with van der Waals surface area (Å²) in [6.45, 7) is 19.5. The first-order valence-corrected chi connectivity index (χ1v) is 9.20. The SMILES string of the molecule is CC(=O)NC(C)C(C)=O.CC(C)=O.CCC.CCC.CNC(C)C(C)=O. The van der Waals surface area contributed by atoms with Gasteiger partial charge in [0.1, 0.15) is 11.6 Å². The Morgan fingerprint density at radius 1 is 0.692 bits per heavy atom. The molecule has 0 saturated carbocycles. The monoisotopic (exact) mass is 376 g/mol. The van der Waals surface area contributed by atoms with Gasteiger partial charge in [0.15, 0.2) is 5.78 Å².